The summed E-state index contributed by atoms with van der Waals surface area (Å²) in [6.07, 6.45) is 2.71. The van der Waals surface area contributed by atoms with Crippen molar-refractivity contribution in [1.82, 2.24) is 10.1 Å². The molecule has 27 heavy (non-hydrogen) atoms. The summed E-state index contributed by atoms with van der Waals surface area (Å²) in [4.78, 5) is 14.4. The fourth-order valence-corrected chi connectivity index (χ4v) is 3.42. The molecule has 6 heteroatoms. The van der Waals surface area contributed by atoms with Gasteiger partial charge in [0.25, 0.3) is 5.91 Å². The Morgan fingerprint density at radius 2 is 2.04 bits per heavy atom. The van der Waals surface area contributed by atoms with Crippen LogP contribution in [0.15, 0.2) is 28.8 Å². The summed E-state index contributed by atoms with van der Waals surface area (Å²) in [6, 6.07) is 5.82. The maximum absolute atomic E-state index is 12.9. The minimum absolute atomic E-state index is 0.155. The van der Waals surface area contributed by atoms with Crippen LogP contribution in [-0.4, -0.2) is 36.2 Å². The lowest BCUT2D eigenvalue weighted by Crippen LogP contribution is -2.33. The van der Waals surface area contributed by atoms with E-state index >= 15 is 0 Å². The van der Waals surface area contributed by atoms with Crippen LogP contribution < -0.4 is 4.74 Å². The number of carbonyl (C=O) groups excluding carboxylic acids is 1. The molecule has 1 atom stereocenters. The van der Waals surface area contributed by atoms with Gasteiger partial charge >= 0.3 is 0 Å². The SMILES string of the molecule is CN(CCOc1ccc(F)cc1)C(=O)c1noc2c1CC(C(C)(C)C)CC2. The molecule has 0 N–H and O–H groups in total. The summed E-state index contributed by atoms with van der Waals surface area (Å²) in [6.45, 7) is 7.42. The highest BCUT2D eigenvalue weighted by Crippen LogP contribution is 2.38. The molecule has 1 aromatic carbocycles. The molecule has 2 aromatic rings. The van der Waals surface area contributed by atoms with Gasteiger partial charge in [-0.3, -0.25) is 4.79 Å². The molecule has 0 aliphatic heterocycles. The number of amides is 1. The molecule has 1 unspecified atom stereocenters. The largest absolute Gasteiger partial charge is 0.492 e. The summed E-state index contributed by atoms with van der Waals surface area (Å²) in [7, 11) is 1.72. The van der Waals surface area contributed by atoms with Crippen LogP contribution in [0.3, 0.4) is 0 Å². The summed E-state index contributed by atoms with van der Waals surface area (Å²) < 4.78 is 23.9. The predicted octanol–water partition coefficient (Wildman–Crippen LogP) is 4.12. The highest BCUT2D eigenvalue weighted by molar-refractivity contribution is 5.93. The Morgan fingerprint density at radius 3 is 2.70 bits per heavy atom. The molecule has 1 aliphatic rings. The number of carbonyl (C=O) groups is 1. The third-order valence-electron chi connectivity index (χ3n) is 5.32. The average molecular weight is 374 g/mol. The second kappa shape index (κ2) is 7.71. The molecular formula is C21H27FN2O3. The number of hydrogen-bond donors (Lipinski definition) is 0. The van der Waals surface area contributed by atoms with Crippen LogP contribution in [-0.2, 0) is 12.8 Å². The van der Waals surface area contributed by atoms with Crippen molar-refractivity contribution in [2.45, 2.75) is 40.0 Å². The van der Waals surface area contributed by atoms with E-state index in [0.717, 1.165) is 30.6 Å². The molecule has 1 aliphatic carbocycles. The number of halogens is 1. The molecule has 0 saturated heterocycles. The first-order valence-electron chi connectivity index (χ1n) is 9.37. The molecular weight excluding hydrogens is 347 g/mol. The van der Waals surface area contributed by atoms with Gasteiger partial charge in [-0.15, -0.1) is 0 Å². The smallest absolute Gasteiger partial charge is 0.276 e. The lowest BCUT2D eigenvalue weighted by molar-refractivity contribution is 0.0762. The average Bonchev–Trinajstić information content (AvgIpc) is 3.05. The van der Waals surface area contributed by atoms with E-state index in [4.69, 9.17) is 9.26 Å². The van der Waals surface area contributed by atoms with E-state index in [2.05, 4.69) is 25.9 Å². The van der Waals surface area contributed by atoms with Crippen molar-refractivity contribution in [3.8, 4) is 5.75 Å². The zero-order chi connectivity index (χ0) is 19.6. The summed E-state index contributed by atoms with van der Waals surface area (Å²) in [5, 5.41) is 4.06. The minimum Gasteiger partial charge on any atom is -0.492 e. The van der Waals surface area contributed by atoms with Crippen molar-refractivity contribution in [3.05, 3.63) is 47.1 Å². The molecule has 0 fully saturated rings. The summed E-state index contributed by atoms with van der Waals surface area (Å²) in [5.41, 5.74) is 1.56. The van der Waals surface area contributed by atoms with Crippen LogP contribution in [0.1, 0.15) is 49.0 Å². The van der Waals surface area contributed by atoms with Crippen molar-refractivity contribution in [2.24, 2.45) is 11.3 Å². The first kappa shape index (κ1) is 19.4. The Hall–Kier alpha value is -2.37. The van der Waals surface area contributed by atoms with Gasteiger partial charge in [0.2, 0.25) is 0 Å². The number of hydrogen-bond acceptors (Lipinski definition) is 4. The second-order valence-corrected chi connectivity index (χ2v) is 8.27. The highest BCUT2D eigenvalue weighted by atomic mass is 19.1. The van der Waals surface area contributed by atoms with Gasteiger partial charge in [-0.25, -0.2) is 4.39 Å². The molecule has 3 rings (SSSR count). The Kier molecular flexibility index (Phi) is 5.53. The predicted molar refractivity (Wildman–Crippen MR) is 100 cm³/mol. The Morgan fingerprint density at radius 1 is 1.33 bits per heavy atom. The number of benzene rings is 1. The van der Waals surface area contributed by atoms with E-state index in [1.54, 1.807) is 24.1 Å². The molecule has 0 radical (unpaired) electrons. The van der Waals surface area contributed by atoms with Crippen molar-refractivity contribution in [1.29, 1.82) is 0 Å². The number of aromatic nitrogens is 1. The topological polar surface area (TPSA) is 55.6 Å². The molecule has 1 amide bonds. The normalized spacial score (nSPS) is 16.7. The van der Waals surface area contributed by atoms with E-state index in [1.165, 1.54) is 12.1 Å². The van der Waals surface area contributed by atoms with Gasteiger partial charge in [-0.2, -0.15) is 0 Å². The van der Waals surface area contributed by atoms with E-state index in [9.17, 15) is 9.18 Å². The Bertz CT molecular complexity index is 793. The maximum atomic E-state index is 12.9. The lowest BCUT2D eigenvalue weighted by atomic mass is 9.71. The van der Waals surface area contributed by atoms with E-state index < -0.39 is 0 Å². The summed E-state index contributed by atoms with van der Waals surface area (Å²) in [5.74, 6) is 1.46. The second-order valence-electron chi connectivity index (χ2n) is 8.27. The van der Waals surface area contributed by atoms with Gasteiger partial charge in [0.05, 0.1) is 6.54 Å². The zero-order valence-corrected chi connectivity index (χ0v) is 16.4. The highest BCUT2D eigenvalue weighted by Gasteiger charge is 2.34. The molecule has 1 aromatic heterocycles. The van der Waals surface area contributed by atoms with Gasteiger partial charge < -0.3 is 14.2 Å². The molecule has 1 heterocycles. The van der Waals surface area contributed by atoms with Crippen LogP contribution in [0.25, 0.3) is 0 Å². The van der Waals surface area contributed by atoms with Crippen molar-refractivity contribution in [2.75, 3.05) is 20.2 Å². The lowest BCUT2D eigenvalue weighted by Gasteiger charge is -2.33. The first-order valence-corrected chi connectivity index (χ1v) is 9.37. The number of ether oxygens (including phenoxy) is 1. The monoisotopic (exact) mass is 374 g/mol. The van der Waals surface area contributed by atoms with E-state index in [-0.39, 0.29) is 17.1 Å². The molecule has 0 bridgehead atoms. The molecule has 146 valence electrons. The zero-order valence-electron chi connectivity index (χ0n) is 16.4. The van der Waals surface area contributed by atoms with Crippen LogP contribution >= 0.6 is 0 Å². The minimum atomic E-state index is -0.306. The van der Waals surface area contributed by atoms with Crippen LogP contribution in [0.4, 0.5) is 4.39 Å². The third kappa shape index (κ3) is 4.49. The first-order chi connectivity index (χ1) is 12.8. The Balaban J connectivity index is 1.61. The number of nitrogens with zero attached hydrogens (tertiary/aromatic N) is 2. The van der Waals surface area contributed by atoms with Crippen LogP contribution in [0.2, 0.25) is 0 Å². The van der Waals surface area contributed by atoms with E-state index in [0.29, 0.717) is 30.5 Å². The number of likely N-dealkylation sites (N-methyl/N-ethyl adjacent to an activating group) is 1. The van der Waals surface area contributed by atoms with Crippen LogP contribution in [0.5, 0.6) is 5.75 Å². The molecule has 0 saturated carbocycles. The van der Waals surface area contributed by atoms with Crippen molar-refractivity contribution >= 4 is 5.91 Å². The fourth-order valence-electron chi connectivity index (χ4n) is 3.42. The van der Waals surface area contributed by atoms with Crippen molar-refractivity contribution in [3.63, 3.8) is 0 Å². The fraction of sp³-hybridized carbons (Fsp3) is 0.524. The van der Waals surface area contributed by atoms with Gasteiger partial charge in [0.15, 0.2) is 5.69 Å². The van der Waals surface area contributed by atoms with E-state index in [1.807, 2.05) is 0 Å². The summed E-state index contributed by atoms with van der Waals surface area (Å²) >= 11 is 0. The number of aryl methyl sites for hydroxylation is 1. The standard InChI is InChI=1S/C21H27FN2O3/c1-21(2,3)14-5-10-18-17(13-14)19(23-27-18)20(25)24(4)11-12-26-16-8-6-15(22)7-9-16/h6-9,14H,5,10-13H2,1-4H3. The van der Waals surface area contributed by atoms with Gasteiger partial charge in [0, 0.05) is 19.0 Å². The van der Waals surface area contributed by atoms with Gasteiger partial charge in [0.1, 0.15) is 23.9 Å². The van der Waals surface area contributed by atoms with Crippen molar-refractivity contribution < 1.29 is 18.4 Å². The van der Waals surface area contributed by atoms with Crippen LogP contribution in [0, 0.1) is 17.2 Å². The maximum Gasteiger partial charge on any atom is 0.276 e. The number of rotatable bonds is 5. The third-order valence-corrected chi connectivity index (χ3v) is 5.32. The molecule has 0 spiro atoms. The number of fused-ring (bicyclic) bond motifs is 1. The molecule has 5 nitrogen and oxygen atoms in total. The van der Waals surface area contributed by atoms with Gasteiger partial charge in [-0.1, -0.05) is 25.9 Å². The Labute approximate surface area is 159 Å². The quantitative estimate of drug-likeness (QED) is 0.790. The van der Waals surface area contributed by atoms with Gasteiger partial charge in [-0.05, 0) is 48.4 Å².